The van der Waals surface area contributed by atoms with E-state index in [4.69, 9.17) is 9.72 Å². The van der Waals surface area contributed by atoms with E-state index < -0.39 is 0 Å². The fourth-order valence-electron chi connectivity index (χ4n) is 5.83. The summed E-state index contributed by atoms with van der Waals surface area (Å²) < 4.78 is 7.75. The second-order valence-corrected chi connectivity index (χ2v) is 9.78. The number of nitrogens with one attached hydrogen (secondary N) is 1. The van der Waals surface area contributed by atoms with Crippen molar-refractivity contribution in [2.24, 2.45) is 0 Å². The van der Waals surface area contributed by atoms with E-state index in [1.807, 2.05) is 29.2 Å². The Bertz CT molecular complexity index is 1350. The smallest absolute Gasteiger partial charge is 0.274 e. The van der Waals surface area contributed by atoms with Gasteiger partial charge in [0.05, 0.1) is 12.8 Å². The molecule has 1 amide bonds. The second-order valence-electron chi connectivity index (χ2n) is 9.78. The maximum atomic E-state index is 13.7. The Kier molecular flexibility index (Phi) is 5.80. The number of methoxy groups -OCH3 is 1. The molecule has 6 nitrogen and oxygen atoms in total. The van der Waals surface area contributed by atoms with Crippen LogP contribution in [0.15, 0.2) is 54.7 Å². The number of amides is 1. The number of benzene rings is 2. The van der Waals surface area contributed by atoms with E-state index in [1.54, 1.807) is 7.11 Å². The third-order valence-corrected chi connectivity index (χ3v) is 7.75. The molecule has 4 heterocycles. The normalized spacial score (nSPS) is 16.8. The molecule has 2 aliphatic heterocycles. The summed E-state index contributed by atoms with van der Waals surface area (Å²) in [6.07, 6.45) is 8.42. The van der Waals surface area contributed by atoms with Crippen LogP contribution in [0.25, 0.3) is 22.3 Å². The number of aromatic amines is 1. The van der Waals surface area contributed by atoms with Crippen molar-refractivity contribution in [3.8, 4) is 17.1 Å². The number of piperidine rings is 1. The number of H-pyrrole nitrogens is 1. The van der Waals surface area contributed by atoms with Crippen molar-refractivity contribution in [2.75, 3.05) is 20.2 Å². The first kappa shape index (κ1) is 22.0. The van der Waals surface area contributed by atoms with Crippen molar-refractivity contribution in [1.29, 1.82) is 0 Å². The fraction of sp³-hybridized carbons (Fsp3) is 0.379. The van der Waals surface area contributed by atoms with Gasteiger partial charge in [0.1, 0.15) is 17.3 Å². The van der Waals surface area contributed by atoms with Crippen LogP contribution in [-0.4, -0.2) is 45.5 Å². The van der Waals surface area contributed by atoms with E-state index in [2.05, 4.69) is 40.0 Å². The topological polar surface area (TPSA) is 63.1 Å². The summed E-state index contributed by atoms with van der Waals surface area (Å²) in [4.78, 5) is 24.1. The van der Waals surface area contributed by atoms with E-state index in [-0.39, 0.29) is 5.91 Å². The average Bonchev–Trinajstić information content (AvgIpc) is 3.41. The minimum absolute atomic E-state index is 0.0943. The lowest BCUT2D eigenvalue weighted by atomic mass is 9.89. The van der Waals surface area contributed by atoms with Crippen LogP contribution < -0.4 is 4.74 Å². The number of aromatic nitrogens is 3. The van der Waals surface area contributed by atoms with Crippen LogP contribution in [0.3, 0.4) is 0 Å². The number of hydrogen-bond donors (Lipinski definition) is 1. The van der Waals surface area contributed by atoms with Gasteiger partial charge in [0.25, 0.3) is 5.91 Å². The van der Waals surface area contributed by atoms with Gasteiger partial charge >= 0.3 is 0 Å². The zero-order valence-corrected chi connectivity index (χ0v) is 20.3. The summed E-state index contributed by atoms with van der Waals surface area (Å²) in [6, 6.07) is 16.5. The van der Waals surface area contributed by atoms with Crippen molar-refractivity contribution < 1.29 is 9.53 Å². The number of carbonyl (C=O) groups excluding carboxylic acids is 1. The van der Waals surface area contributed by atoms with Gasteiger partial charge in [-0.25, -0.2) is 4.98 Å². The third-order valence-electron chi connectivity index (χ3n) is 7.75. The van der Waals surface area contributed by atoms with Gasteiger partial charge in [0.2, 0.25) is 0 Å². The van der Waals surface area contributed by atoms with Crippen LogP contribution in [0.1, 0.15) is 59.8 Å². The van der Waals surface area contributed by atoms with E-state index in [0.717, 1.165) is 80.1 Å². The Balaban J connectivity index is 1.24. The molecule has 1 N–H and O–H groups in total. The van der Waals surface area contributed by atoms with E-state index in [9.17, 15) is 4.79 Å². The standard InChI is InChI=1S/C29H32N4O2/c1-35-22-11-12-25-23(18-22)24(19-30-25)20-13-16-32(17-14-20)29(34)27-26-10-6-3-7-15-33(26)28(31-27)21-8-4-2-5-9-21/h2,4-5,8-9,11-12,18-20,30H,3,6-7,10,13-17H2,1H3. The van der Waals surface area contributed by atoms with E-state index in [1.165, 1.54) is 17.4 Å². The molecular formula is C29H32N4O2. The first-order valence-electron chi connectivity index (χ1n) is 12.8. The largest absolute Gasteiger partial charge is 0.497 e. The molecule has 0 spiro atoms. The van der Waals surface area contributed by atoms with Crippen LogP contribution in [-0.2, 0) is 13.0 Å². The van der Waals surface area contributed by atoms with Gasteiger partial charge in [0, 0.05) is 42.3 Å². The number of hydrogen-bond acceptors (Lipinski definition) is 3. The molecule has 0 radical (unpaired) electrons. The molecule has 1 fully saturated rings. The number of fused-ring (bicyclic) bond motifs is 2. The van der Waals surface area contributed by atoms with Crippen LogP contribution in [0.5, 0.6) is 5.75 Å². The van der Waals surface area contributed by atoms with Gasteiger partial charge in [-0.15, -0.1) is 0 Å². The summed E-state index contributed by atoms with van der Waals surface area (Å²) in [5.74, 6) is 2.34. The highest BCUT2D eigenvalue weighted by Crippen LogP contribution is 2.35. The lowest BCUT2D eigenvalue weighted by molar-refractivity contribution is 0.0706. The van der Waals surface area contributed by atoms with Crippen molar-refractivity contribution in [2.45, 2.75) is 51.0 Å². The van der Waals surface area contributed by atoms with Gasteiger partial charge in [-0.2, -0.15) is 0 Å². The molecule has 180 valence electrons. The molecular weight excluding hydrogens is 436 g/mol. The SMILES string of the molecule is COc1ccc2[nH]cc(C3CCN(C(=O)c4nc(-c5ccccc5)n5c4CCCCC5)CC3)c2c1. The second kappa shape index (κ2) is 9.25. The summed E-state index contributed by atoms with van der Waals surface area (Å²) in [5.41, 5.74) is 5.34. The van der Waals surface area contributed by atoms with Crippen LogP contribution >= 0.6 is 0 Å². The Hall–Kier alpha value is -3.54. The molecule has 0 unspecified atom stereocenters. The Labute approximate surface area is 205 Å². The maximum Gasteiger partial charge on any atom is 0.274 e. The molecule has 35 heavy (non-hydrogen) atoms. The first-order chi connectivity index (χ1) is 17.2. The predicted molar refractivity (Wildman–Crippen MR) is 138 cm³/mol. The zero-order chi connectivity index (χ0) is 23.8. The predicted octanol–water partition coefficient (Wildman–Crippen LogP) is 5.79. The van der Waals surface area contributed by atoms with Crippen LogP contribution in [0.4, 0.5) is 0 Å². The maximum absolute atomic E-state index is 13.7. The van der Waals surface area contributed by atoms with Gasteiger partial charge in [-0.1, -0.05) is 36.8 Å². The van der Waals surface area contributed by atoms with E-state index >= 15 is 0 Å². The van der Waals surface area contributed by atoms with Crippen molar-refractivity contribution in [3.05, 3.63) is 71.7 Å². The van der Waals surface area contributed by atoms with E-state index in [0.29, 0.717) is 11.6 Å². The number of likely N-dealkylation sites (tertiary alicyclic amines) is 1. The quantitative estimate of drug-likeness (QED) is 0.413. The lowest BCUT2D eigenvalue weighted by Crippen LogP contribution is -2.38. The number of rotatable bonds is 4. The molecule has 4 aromatic rings. The molecule has 2 aromatic heterocycles. The van der Waals surface area contributed by atoms with Crippen molar-refractivity contribution in [1.82, 2.24) is 19.4 Å². The monoisotopic (exact) mass is 468 g/mol. The van der Waals surface area contributed by atoms with Crippen LogP contribution in [0, 0.1) is 0 Å². The molecule has 6 heteroatoms. The third kappa shape index (κ3) is 4.01. The summed E-state index contributed by atoms with van der Waals surface area (Å²) >= 11 is 0. The highest BCUT2D eigenvalue weighted by Gasteiger charge is 2.31. The number of nitrogens with zero attached hydrogens (tertiary/aromatic N) is 3. The summed E-state index contributed by atoms with van der Waals surface area (Å²) in [5, 5.41) is 1.22. The highest BCUT2D eigenvalue weighted by molar-refractivity contribution is 5.94. The van der Waals surface area contributed by atoms with Gasteiger partial charge in [-0.05, 0) is 61.8 Å². The van der Waals surface area contributed by atoms with Crippen LogP contribution in [0.2, 0.25) is 0 Å². The van der Waals surface area contributed by atoms with Crippen molar-refractivity contribution in [3.63, 3.8) is 0 Å². The number of imidazole rings is 1. The molecule has 0 aliphatic carbocycles. The summed E-state index contributed by atoms with van der Waals surface area (Å²) in [6.45, 7) is 2.45. The minimum Gasteiger partial charge on any atom is -0.497 e. The lowest BCUT2D eigenvalue weighted by Gasteiger charge is -2.32. The molecule has 0 bridgehead atoms. The van der Waals surface area contributed by atoms with Gasteiger partial charge < -0.3 is 19.2 Å². The Morgan fingerprint density at radius 2 is 1.86 bits per heavy atom. The Morgan fingerprint density at radius 1 is 1.03 bits per heavy atom. The van der Waals surface area contributed by atoms with Gasteiger partial charge in [-0.3, -0.25) is 4.79 Å². The minimum atomic E-state index is 0.0943. The fourth-order valence-corrected chi connectivity index (χ4v) is 5.83. The molecule has 2 aliphatic rings. The molecule has 2 aromatic carbocycles. The number of carbonyl (C=O) groups is 1. The zero-order valence-electron chi connectivity index (χ0n) is 20.3. The average molecular weight is 469 g/mol. The van der Waals surface area contributed by atoms with Crippen molar-refractivity contribution >= 4 is 16.8 Å². The molecule has 6 rings (SSSR count). The van der Waals surface area contributed by atoms with Gasteiger partial charge in [0.15, 0.2) is 0 Å². The highest BCUT2D eigenvalue weighted by atomic mass is 16.5. The first-order valence-corrected chi connectivity index (χ1v) is 12.8. The molecule has 0 saturated carbocycles. The number of ether oxygens (including phenoxy) is 1. The summed E-state index contributed by atoms with van der Waals surface area (Å²) in [7, 11) is 1.71. The molecule has 1 saturated heterocycles. The molecule has 0 atom stereocenters. The Morgan fingerprint density at radius 3 is 2.66 bits per heavy atom.